The van der Waals surface area contributed by atoms with Crippen LogP contribution in [0.1, 0.15) is 19.4 Å². The van der Waals surface area contributed by atoms with E-state index in [1.54, 1.807) is 26.0 Å². The summed E-state index contributed by atoms with van der Waals surface area (Å²) in [6, 6.07) is 5.92. The number of non-ortho nitro benzene ring substituents is 1. The summed E-state index contributed by atoms with van der Waals surface area (Å²) in [6.45, 7) is 3.97. The van der Waals surface area contributed by atoms with Crippen LogP contribution in [-0.4, -0.2) is 24.1 Å². The fourth-order valence-electron chi connectivity index (χ4n) is 1.40. The minimum atomic E-state index is -0.587. The van der Waals surface area contributed by atoms with Crippen molar-refractivity contribution in [2.24, 2.45) is 0 Å². The molecule has 0 aliphatic carbocycles. The SMILES string of the molecule is CCOC(=O)/C(=C/c1cccc([N+](=O)[O-])c1)OCC. The second-order valence-electron chi connectivity index (χ2n) is 3.51. The molecule has 0 saturated carbocycles. The van der Waals surface area contributed by atoms with Gasteiger partial charge in [0.2, 0.25) is 5.76 Å². The smallest absolute Gasteiger partial charge is 0.373 e. The van der Waals surface area contributed by atoms with Crippen LogP contribution in [0.5, 0.6) is 0 Å². The Hall–Kier alpha value is -2.37. The maximum atomic E-state index is 11.6. The van der Waals surface area contributed by atoms with Crippen LogP contribution in [-0.2, 0) is 14.3 Å². The molecule has 102 valence electrons. The molecule has 0 aliphatic heterocycles. The van der Waals surface area contributed by atoms with Crippen molar-refractivity contribution >= 4 is 17.7 Å². The van der Waals surface area contributed by atoms with Gasteiger partial charge in [0, 0.05) is 12.1 Å². The van der Waals surface area contributed by atoms with Gasteiger partial charge in [-0.2, -0.15) is 0 Å². The lowest BCUT2D eigenvalue weighted by Crippen LogP contribution is -2.10. The van der Waals surface area contributed by atoms with Gasteiger partial charge in [-0.3, -0.25) is 10.1 Å². The van der Waals surface area contributed by atoms with Crippen LogP contribution in [0.15, 0.2) is 30.0 Å². The van der Waals surface area contributed by atoms with E-state index < -0.39 is 10.9 Å². The van der Waals surface area contributed by atoms with Crippen molar-refractivity contribution < 1.29 is 19.2 Å². The molecule has 0 fully saturated rings. The van der Waals surface area contributed by atoms with Gasteiger partial charge < -0.3 is 9.47 Å². The molecule has 0 bridgehead atoms. The average Bonchev–Trinajstić information content (AvgIpc) is 2.39. The number of nitrogens with zero attached hydrogens (tertiary/aromatic N) is 1. The lowest BCUT2D eigenvalue weighted by molar-refractivity contribution is -0.384. The number of carbonyl (C=O) groups excluding carboxylic acids is 1. The lowest BCUT2D eigenvalue weighted by atomic mass is 10.2. The third kappa shape index (κ3) is 4.42. The highest BCUT2D eigenvalue weighted by molar-refractivity contribution is 5.91. The summed E-state index contributed by atoms with van der Waals surface area (Å²) in [5.74, 6) is -0.555. The first kappa shape index (κ1) is 14.7. The van der Waals surface area contributed by atoms with Crippen LogP contribution in [0.3, 0.4) is 0 Å². The lowest BCUT2D eigenvalue weighted by Gasteiger charge is -2.07. The van der Waals surface area contributed by atoms with Crippen LogP contribution in [0.2, 0.25) is 0 Å². The number of nitro groups is 1. The van der Waals surface area contributed by atoms with Gasteiger partial charge in [0.1, 0.15) is 0 Å². The quantitative estimate of drug-likeness (QED) is 0.259. The predicted octanol–water partition coefficient (Wildman–Crippen LogP) is 2.54. The Morgan fingerprint density at radius 3 is 2.58 bits per heavy atom. The van der Waals surface area contributed by atoms with E-state index in [4.69, 9.17) is 9.47 Å². The number of ether oxygens (including phenoxy) is 2. The van der Waals surface area contributed by atoms with E-state index in [9.17, 15) is 14.9 Å². The molecule has 0 unspecified atom stereocenters. The summed E-state index contributed by atoms with van der Waals surface area (Å²) in [6.07, 6.45) is 1.43. The number of rotatable bonds is 6. The molecule has 1 aromatic rings. The Morgan fingerprint density at radius 1 is 1.32 bits per heavy atom. The van der Waals surface area contributed by atoms with E-state index in [0.29, 0.717) is 12.2 Å². The molecule has 0 atom stereocenters. The Labute approximate surface area is 110 Å². The second kappa shape index (κ2) is 7.15. The van der Waals surface area contributed by atoms with Crippen molar-refractivity contribution in [1.82, 2.24) is 0 Å². The van der Waals surface area contributed by atoms with Crippen molar-refractivity contribution in [3.8, 4) is 0 Å². The summed E-state index contributed by atoms with van der Waals surface area (Å²) in [7, 11) is 0. The Morgan fingerprint density at radius 2 is 2.00 bits per heavy atom. The van der Waals surface area contributed by atoms with E-state index in [1.165, 1.54) is 18.2 Å². The van der Waals surface area contributed by atoms with Crippen molar-refractivity contribution in [1.29, 1.82) is 0 Å². The van der Waals surface area contributed by atoms with Gasteiger partial charge in [0.05, 0.1) is 18.1 Å². The topological polar surface area (TPSA) is 78.7 Å². The van der Waals surface area contributed by atoms with E-state index >= 15 is 0 Å². The molecule has 1 aromatic carbocycles. The second-order valence-corrected chi connectivity index (χ2v) is 3.51. The Kier molecular flexibility index (Phi) is 5.53. The molecule has 0 aliphatic rings. The summed E-state index contributed by atoms with van der Waals surface area (Å²) in [5.41, 5.74) is 0.458. The molecule has 0 heterocycles. The zero-order valence-electron chi connectivity index (χ0n) is 10.8. The molecule has 19 heavy (non-hydrogen) atoms. The van der Waals surface area contributed by atoms with Crippen molar-refractivity contribution in [2.45, 2.75) is 13.8 Å². The standard InChI is InChI=1S/C13H15NO5/c1-3-18-12(13(15)19-4-2)9-10-6-5-7-11(8-10)14(16)17/h5-9H,3-4H2,1-2H3/b12-9-. The summed E-state index contributed by atoms with van der Waals surface area (Å²) >= 11 is 0. The highest BCUT2D eigenvalue weighted by Gasteiger charge is 2.12. The molecule has 0 saturated heterocycles. The fraction of sp³-hybridized carbons (Fsp3) is 0.308. The maximum absolute atomic E-state index is 11.6. The normalized spacial score (nSPS) is 10.9. The molecule has 1 rings (SSSR count). The molecule has 0 N–H and O–H groups in total. The summed E-state index contributed by atoms with van der Waals surface area (Å²) in [4.78, 5) is 21.8. The van der Waals surface area contributed by atoms with E-state index in [0.717, 1.165) is 0 Å². The number of nitro benzene ring substituents is 1. The number of hydrogen-bond acceptors (Lipinski definition) is 5. The largest absolute Gasteiger partial charge is 0.487 e. The van der Waals surface area contributed by atoms with Gasteiger partial charge in [0.15, 0.2) is 0 Å². The Bertz CT molecular complexity index is 496. The van der Waals surface area contributed by atoms with E-state index in [1.807, 2.05) is 0 Å². The molecule has 0 aromatic heterocycles. The van der Waals surface area contributed by atoms with Crippen molar-refractivity contribution in [3.63, 3.8) is 0 Å². The third-order valence-corrected chi connectivity index (χ3v) is 2.16. The molecule has 0 amide bonds. The highest BCUT2D eigenvalue weighted by atomic mass is 16.6. The molecular weight excluding hydrogens is 250 g/mol. The maximum Gasteiger partial charge on any atom is 0.373 e. The van der Waals surface area contributed by atoms with Crippen LogP contribution in [0, 0.1) is 10.1 Å². The summed E-state index contributed by atoms with van der Waals surface area (Å²) in [5, 5.41) is 10.7. The van der Waals surface area contributed by atoms with Gasteiger partial charge in [-0.1, -0.05) is 12.1 Å². The van der Waals surface area contributed by atoms with Gasteiger partial charge in [0.25, 0.3) is 5.69 Å². The number of carbonyl (C=O) groups is 1. The van der Waals surface area contributed by atoms with E-state index in [-0.39, 0.29) is 18.1 Å². The minimum Gasteiger partial charge on any atom is -0.487 e. The molecule has 0 radical (unpaired) electrons. The number of hydrogen-bond donors (Lipinski definition) is 0. The molecule has 6 nitrogen and oxygen atoms in total. The first-order chi connectivity index (χ1) is 9.08. The van der Waals surface area contributed by atoms with Crippen LogP contribution < -0.4 is 0 Å². The molecule has 0 spiro atoms. The number of benzene rings is 1. The first-order valence-electron chi connectivity index (χ1n) is 5.84. The first-order valence-corrected chi connectivity index (χ1v) is 5.84. The van der Waals surface area contributed by atoms with Crippen LogP contribution in [0.4, 0.5) is 5.69 Å². The van der Waals surface area contributed by atoms with E-state index in [2.05, 4.69) is 0 Å². The minimum absolute atomic E-state index is 0.0323. The molecule has 6 heteroatoms. The Balaban J connectivity index is 3.04. The van der Waals surface area contributed by atoms with Gasteiger partial charge in [-0.25, -0.2) is 4.79 Å². The zero-order valence-corrected chi connectivity index (χ0v) is 10.8. The number of esters is 1. The van der Waals surface area contributed by atoms with Crippen LogP contribution >= 0.6 is 0 Å². The average molecular weight is 265 g/mol. The van der Waals surface area contributed by atoms with Gasteiger partial charge >= 0.3 is 5.97 Å². The summed E-state index contributed by atoms with van der Waals surface area (Å²) < 4.78 is 10.0. The fourth-order valence-corrected chi connectivity index (χ4v) is 1.40. The monoisotopic (exact) mass is 265 g/mol. The van der Waals surface area contributed by atoms with Crippen molar-refractivity contribution in [3.05, 3.63) is 45.7 Å². The molecular formula is C13H15NO5. The van der Waals surface area contributed by atoms with Gasteiger partial charge in [-0.05, 0) is 25.5 Å². The van der Waals surface area contributed by atoms with Crippen molar-refractivity contribution in [2.75, 3.05) is 13.2 Å². The third-order valence-electron chi connectivity index (χ3n) is 2.16. The highest BCUT2D eigenvalue weighted by Crippen LogP contribution is 2.16. The predicted molar refractivity (Wildman–Crippen MR) is 69.3 cm³/mol. The zero-order chi connectivity index (χ0) is 14.3. The van der Waals surface area contributed by atoms with Crippen LogP contribution in [0.25, 0.3) is 6.08 Å². The van der Waals surface area contributed by atoms with Gasteiger partial charge in [-0.15, -0.1) is 0 Å².